The van der Waals surface area contributed by atoms with Crippen LogP contribution in [-0.4, -0.2) is 60.7 Å². The Morgan fingerprint density at radius 2 is 1.67 bits per heavy atom. The first-order valence-electron chi connectivity index (χ1n) is 5.74. The van der Waals surface area contributed by atoms with Gasteiger partial charge >= 0.3 is 39.9 Å². The van der Waals surface area contributed by atoms with Crippen molar-refractivity contribution in [3.05, 3.63) is 0 Å². The number of carbonyl (C=O) groups excluding carboxylic acids is 2. The van der Waals surface area contributed by atoms with Crippen molar-refractivity contribution in [1.29, 1.82) is 0 Å². The molecular formula is C10H18NNaO5S. The van der Waals surface area contributed by atoms with Gasteiger partial charge in [0.1, 0.15) is 0 Å². The Hall–Kier alpha value is 0.0500. The van der Waals surface area contributed by atoms with Gasteiger partial charge < -0.3 is 0 Å². The molecular weight excluding hydrogens is 269 g/mol. The van der Waals surface area contributed by atoms with Gasteiger partial charge in [0.2, 0.25) is 11.8 Å². The third kappa shape index (κ3) is 4.97. The topological polar surface area (TPSA) is 80.8 Å². The van der Waals surface area contributed by atoms with Gasteiger partial charge in [-0.05, 0) is 6.42 Å². The zero-order valence-electron chi connectivity index (χ0n) is 9.85. The van der Waals surface area contributed by atoms with Crippen molar-refractivity contribution < 1.29 is 22.2 Å². The van der Waals surface area contributed by atoms with Crippen LogP contribution in [0.5, 0.6) is 0 Å². The summed E-state index contributed by atoms with van der Waals surface area (Å²) in [6.07, 6.45) is 3.40. The average Bonchev–Trinajstić information content (AvgIpc) is 2.58. The first kappa shape index (κ1) is 18.0. The number of nitrogens with zero attached hydrogens (tertiary/aromatic N) is 1. The number of amides is 2. The van der Waals surface area contributed by atoms with E-state index in [2.05, 4.69) is 4.18 Å². The molecule has 18 heavy (non-hydrogen) atoms. The standard InChI is InChI=1S/C10H17NO5S.Na.H/c1-2-3-4-5-8-16-17(14,15)11-9(12)6-7-10(11)13;;/h2-8H2,1H3;;. The Morgan fingerprint density at radius 3 is 2.17 bits per heavy atom. The summed E-state index contributed by atoms with van der Waals surface area (Å²) in [5, 5.41) is 0. The van der Waals surface area contributed by atoms with Crippen LogP contribution in [0, 0.1) is 0 Å². The maximum absolute atomic E-state index is 11.5. The molecule has 2 amide bonds. The molecule has 0 aromatic heterocycles. The summed E-state index contributed by atoms with van der Waals surface area (Å²) in [5.41, 5.74) is 0. The van der Waals surface area contributed by atoms with Crippen LogP contribution in [0.2, 0.25) is 0 Å². The van der Waals surface area contributed by atoms with Gasteiger partial charge in [-0.2, -0.15) is 12.7 Å². The van der Waals surface area contributed by atoms with E-state index < -0.39 is 22.1 Å². The molecule has 8 heteroatoms. The van der Waals surface area contributed by atoms with Crippen molar-refractivity contribution in [2.24, 2.45) is 0 Å². The number of unbranched alkanes of at least 4 members (excludes halogenated alkanes) is 3. The Kier molecular flexibility index (Phi) is 8.29. The quantitative estimate of drug-likeness (QED) is 0.383. The Balaban J connectivity index is 0.00000289. The summed E-state index contributed by atoms with van der Waals surface area (Å²) in [7, 11) is -4.21. The molecule has 1 saturated heterocycles. The maximum atomic E-state index is 11.5. The van der Waals surface area contributed by atoms with Crippen LogP contribution in [0.25, 0.3) is 0 Å². The van der Waals surface area contributed by atoms with Crippen molar-refractivity contribution in [2.45, 2.75) is 45.4 Å². The van der Waals surface area contributed by atoms with E-state index in [1.54, 1.807) is 0 Å². The molecule has 1 rings (SSSR count). The molecule has 100 valence electrons. The molecule has 0 spiro atoms. The number of carbonyl (C=O) groups is 2. The van der Waals surface area contributed by atoms with E-state index >= 15 is 0 Å². The minimum atomic E-state index is -4.21. The molecule has 6 nitrogen and oxygen atoms in total. The van der Waals surface area contributed by atoms with Gasteiger partial charge in [-0.15, -0.1) is 0 Å². The minimum absolute atomic E-state index is 0. The summed E-state index contributed by atoms with van der Waals surface area (Å²) in [5.74, 6) is -1.41. The van der Waals surface area contributed by atoms with E-state index in [-0.39, 0.29) is 53.3 Å². The third-order valence-corrected chi connectivity index (χ3v) is 3.78. The fourth-order valence-corrected chi connectivity index (χ4v) is 2.67. The van der Waals surface area contributed by atoms with Gasteiger partial charge in [-0.3, -0.25) is 13.8 Å². The van der Waals surface area contributed by atoms with Crippen molar-refractivity contribution >= 4 is 51.7 Å². The van der Waals surface area contributed by atoms with E-state index in [4.69, 9.17) is 0 Å². The molecule has 1 fully saturated rings. The van der Waals surface area contributed by atoms with Gasteiger partial charge in [-0.1, -0.05) is 26.2 Å². The molecule has 0 aromatic rings. The Morgan fingerprint density at radius 1 is 1.11 bits per heavy atom. The zero-order chi connectivity index (χ0) is 12.9. The molecule has 1 heterocycles. The summed E-state index contributed by atoms with van der Waals surface area (Å²) >= 11 is 0. The molecule has 0 radical (unpaired) electrons. The molecule has 1 aliphatic rings. The van der Waals surface area contributed by atoms with Crippen LogP contribution in [0.4, 0.5) is 0 Å². The SMILES string of the molecule is CCCCCCOS(=O)(=O)N1C(=O)CCC1=O.[NaH]. The molecule has 0 N–H and O–H groups in total. The monoisotopic (exact) mass is 287 g/mol. The van der Waals surface area contributed by atoms with E-state index in [1.165, 1.54) is 0 Å². The second-order valence-corrected chi connectivity index (χ2v) is 5.35. The van der Waals surface area contributed by atoms with Crippen molar-refractivity contribution in [2.75, 3.05) is 6.61 Å². The summed E-state index contributed by atoms with van der Waals surface area (Å²) in [6, 6.07) is 0. The van der Waals surface area contributed by atoms with E-state index in [9.17, 15) is 18.0 Å². The Bertz CT molecular complexity index is 379. The first-order valence-corrected chi connectivity index (χ1v) is 7.11. The predicted molar refractivity (Wildman–Crippen MR) is 67.2 cm³/mol. The van der Waals surface area contributed by atoms with E-state index in [0.717, 1.165) is 19.3 Å². The molecule has 1 aliphatic heterocycles. The van der Waals surface area contributed by atoms with Crippen LogP contribution in [-0.2, 0) is 24.1 Å². The van der Waals surface area contributed by atoms with Gasteiger partial charge in [0, 0.05) is 12.8 Å². The molecule has 0 aromatic carbocycles. The molecule has 0 aliphatic carbocycles. The zero-order valence-corrected chi connectivity index (χ0v) is 10.7. The second kappa shape index (κ2) is 8.27. The number of rotatable bonds is 7. The number of imide groups is 1. The van der Waals surface area contributed by atoms with Gasteiger partial charge in [0.25, 0.3) is 0 Å². The van der Waals surface area contributed by atoms with Crippen LogP contribution in [0.15, 0.2) is 0 Å². The number of hydrogen-bond donors (Lipinski definition) is 0. The summed E-state index contributed by atoms with van der Waals surface area (Å²) < 4.78 is 28.0. The molecule has 0 saturated carbocycles. The molecule has 0 unspecified atom stereocenters. The molecule has 0 atom stereocenters. The van der Waals surface area contributed by atoms with Crippen molar-refractivity contribution in [3.8, 4) is 0 Å². The van der Waals surface area contributed by atoms with Crippen LogP contribution in [0.1, 0.15) is 45.4 Å². The van der Waals surface area contributed by atoms with E-state index in [0.29, 0.717) is 6.42 Å². The second-order valence-electron chi connectivity index (χ2n) is 3.89. The summed E-state index contributed by atoms with van der Waals surface area (Å²) in [6.45, 7) is 2.05. The fraction of sp³-hybridized carbons (Fsp3) is 0.800. The first-order chi connectivity index (χ1) is 7.99. The van der Waals surface area contributed by atoms with Gasteiger partial charge in [0.15, 0.2) is 0 Å². The fourth-order valence-electron chi connectivity index (χ4n) is 1.55. The van der Waals surface area contributed by atoms with E-state index in [1.807, 2.05) is 6.92 Å². The van der Waals surface area contributed by atoms with Crippen LogP contribution < -0.4 is 0 Å². The normalized spacial score (nSPS) is 15.9. The molecule has 0 bridgehead atoms. The predicted octanol–water partition coefficient (Wildman–Crippen LogP) is 0.329. The van der Waals surface area contributed by atoms with Gasteiger partial charge in [-0.25, -0.2) is 0 Å². The Labute approximate surface area is 130 Å². The van der Waals surface area contributed by atoms with Crippen molar-refractivity contribution in [3.63, 3.8) is 0 Å². The van der Waals surface area contributed by atoms with Crippen molar-refractivity contribution in [1.82, 2.24) is 4.31 Å². The average molecular weight is 287 g/mol. The summed E-state index contributed by atoms with van der Waals surface area (Å²) in [4.78, 5) is 22.4. The van der Waals surface area contributed by atoms with Crippen LogP contribution in [0.3, 0.4) is 0 Å². The third-order valence-electron chi connectivity index (χ3n) is 2.46. The number of hydrogen-bond acceptors (Lipinski definition) is 5. The van der Waals surface area contributed by atoms with Gasteiger partial charge in [0.05, 0.1) is 6.61 Å². The van der Waals surface area contributed by atoms with Crippen LogP contribution >= 0.6 is 0 Å².